The predicted molar refractivity (Wildman–Crippen MR) is 83.0 cm³/mol. The van der Waals surface area contributed by atoms with Gasteiger partial charge in [-0.15, -0.1) is 0 Å². The van der Waals surface area contributed by atoms with Gasteiger partial charge in [0.15, 0.2) is 0 Å². The molecule has 1 aromatic rings. The molecule has 116 valence electrons. The van der Waals surface area contributed by atoms with Gasteiger partial charge in [-0.2, -0.15) is 0 Å². The van der Waals surface area contributed by atoms with Gasteiger partial charge < -0.3 is 10.2 Å². The molecule has 1 saturated heterocycles. The molecule has 1 unspecified atom stereocenters. The molecule has 1 aromatic carbocycles. The van der Waals surface area contributed by atoms with Gasteiger partial charge in [-0.3, -0.25) is 4.79 Å². The number of likely N-dealkylation sites (tertiary alicyclic amines) is 1. The molecule has 1 N–H and O–H groups in total. The van der Waals surface area contributed by atoms with E-state index in [1.54, 1.807) is 13.0 Å². The number of piperidine rings is 1. The first-order valence-electron chi connectivity index (χ1n) is 7.86. The number of benzene rings is 1. The van der Waals surface area contributed by atoms with E-state index in [-0.39, 0.29) is 11.7 Å². The smallest absolute Gasteiger partial charge is 0.251 e. The number of hydrogen-bond acceptors (Lipinski definition) is 2. The van der Waals surface area contributed by atoms with Crippen LogP contribution in [0.25, 0.3) is 0 Å². The molecule has 4 heteroatoms. The molecule has 3 nitrogen and oxygen atoms in total. The molecule has 0 saturated carbocycles. The molecule has 1 amide bonds. The molecule has 2 rings (SSSR count). The summed E-state index contributed by atoms with van der Waals surface area (Å²) in [4.78, 5) is 14.5. The van der Waals surface area contributed by atoms with E-state index in [1.807, 2.05) is 0 Å². The fraction of sp³-hybridized carbons (Fsp3) is 0.588. The average molecular weight is 292 g/mol. The molecule has 1 atom stereocenters. The van der Waals surface area contributed by atoms with Crippen molar-refractivity contribution >= 4 is 5.91 Å². The van der Waals surface area contributed by atoms with Gasteiger partial charge in [0, 0.05) is 24.7 Å². The molecule has 0 aromatic heterocycles. The number of rotatable bonds is 5. The highest BCUT2D eigenvalue weighted by molar-refractivity contribution is 5.94. The summed E-state index contributed by atoms with van der Waals surface area (Å²) in [5, 5.41) is 2.91. The first kappa shape index (κ1) is 16.0. The van der Waals surface area contributed by atoms with Crippen LogP contribution in [0.4, 0.5) is 4.39 Å². The molecule has 1 fully saturated rings. The highest BCUT2D eigenvalue weighted by Gasteiger charge is 2.17. The zero-order valence-corrected chi connectivity index (χ0v) is 13.0. The van der Waals surface area contributed by atoms with Crippen LogP contribution in [0.5, 0.6) is 0 Å². The van der Waals surface area contributed by atoms with Gasteiger partial charge in [0.1, 0.15) is 5.82 Å². The van der Waals surface area contributed by atoms with Crippen LogP contribution in [0.2, 0.25) is 0 Å². The van der Waals surface area contributed by atoms with E-state index < -0.39 is 0 Å². The fourth-order valence-electron chi connectivity index (χ4n) is 2.86. The van der Waals surface area contributed by atoms with Gasteiger partial charge >= 0.3 is 0 Å². The van der Waals surface area contributed by atoms with Crippen molar-refractivity contribution in [1.82, 2.24) is 10.2 Å². The third-order valence-corrected chi connectivity index (χ3v) is 4.27. The highest BCUT2D eigenvalue weighted by Crippen LogP contribution is 2.16. The van der Waals surface area contributed by atoms with Gasteiger partial charge in [-0.1, -0.05) is 6.42 Å². The van der Waals surface area contributed by atoms with Gasteiger partial charge in [-0.25, -0.2) is 4.39 Å². The van der Waals surface area contributed by atoms with Crippen molar-refractivity contribution in [2.75, 3.05) is 19.6 Å². The lowest BCUT2D eigenvalue weighted by Gasteiger charge is -2.33. The number of carbonyl (C=O) groups is 1. The Morgan fingerprint density at radius 1 is 1.43 bits per heavy atom. The Hall–Kier alpha value is -1.42. The first-order chi connectivity index (χ1) is 10.1. The Bertz CT molecular complexity index is 490. The maximum absolute atomic E-state index is 13.2. The number of nitrogens with zero attached hydrogens (tertiary/aromatic N) is 1. The van der Waals surface area contributed by atoms with Crippen LogP contribution in [-0.2, 0) is 0 Å². The van der Waals surface area contributed by atoms with Gasteiger partial charge in [0.2, 0.25) is 0 Å². The van der Waals surface area contributed by atoms with E-state index in [0.717, 1.165) is 13.0 Å². The zero-order valence-electron chi connectivity index (χ0n) is 13.0. The van der Waals surface area contributed by atoms with E-state index in [9.17, 15) is 9.18 Å². The van der Waals surface area contributed by atoms with Crippen molar-refractivity contribution in [2.24, 2.45) is 0 Å². The standard InChI is InChI=1S/C17H25FN2O/c1-13-12-15(7-8-16(13)18)17(21)19-9-5-11-20-10-4-3-6-14(20)2/h7-8,12,14H,3-6,9-11H2,1-2H3,(H,19,21). The molecule has 1 heterocycles. The summed E-state index contributed by atoms with van der Waals surface area (Å²) >= 11 is 0. The lowest BCUT2D eigenvalue weighted by Crippen LogP contribution is -2.39. The van der Waals surface area contributed by atoms with Gasteiger partial charge in [-0.05, 0) is 63.4 Å². The minimum absolute atomic E-state index is 0.121. The van der Waals surface area contributed by atoms with Crippen molar-refractivity contribution in [3.63, 3.8) is 0 Å². The molecule has 0 radical (unpaired) electrons. The van der Waals surface area contributed by atoms with Gasteiger partial charge in [0.05, 0.1) is 0 Å². The van der Waals surface area contributed by atoms with Crippen molar-refractivity contribution in [3.8, 4) is 0 Å². The minimum Gasteiger partial charge on any atom is -0.352 e. The van der Waals surface area contributed by atoms with Crippen molar-refractivity contribution in [1.29, 1.82) is 0 Å². The lowest BCUT2D eigenvalue weighted by molar-refractivity contribution is 0.0948. The second-order valence-electron chi connectivity index (χ2n) is 5.95. The zero-order chi connectivity index (χ0) is 15.2. The average Bonchev–Trinajstić information content (AvgIpc) is 2.48. The lowest BCUT2D eigenvalue weighted by atomic mass is 10.0. The van der Waals surface area contributed by atoms with Crippen LogP contribution in [0.1, 0.15) is 48.5 Å². The van der Waals surface area contributed by atoms with Crippen LogP contribution in [0.15, 0.2) is 18.2 Å². The molecular weight excluding hydrogens is 267 g/mol. The number of carbonyl (C=O) groups excluding carboxylic acids is 1. The van der Waals surface area contributed by atoms with Gasteiger partial charge in [0.25, 0.3) is 5.91 Å². The summed E-state index contributed by atoms with van der Waals surface area (Å²) in [5.74, 6) is -0.393. The normalized spacial score (nSPS) is 19.5. The Kier molecular flexibility index (Phi) is 5.74. The van der Waals surface area contributed by atoms with E-state index in [2.05, 4.69) is 17.1 Å². The number of amides is 1. The minimum atomic E-state index is -0.273. The first-order valence-corrected chi connectivity index (χ1v) is 7.86. The quantitative estimate of drug-likeness (QED) is 0.846. The number of halogens is 1. The SMILES string of the molecule is Cc1cc(C(=O)NCCCN2CCCCC2C)ccc1F. The van der Waals surface area contributed by atoms with Crippen LogP contribution >= 0.6 is 0 Å². The van der Waals surface area contributed by atoms with E-state index >= 15 is 0 Å². The Labute approximate surface area is 126 Å². The molecular formula is C17H25FN2O. The van der Waals surface area contributed by atoms with E-state index in [1.165, 1.54) is 37.9 Å². The monoisotopic (exact) mass is 292 g/mol. The third kappa shape index (κ3) is 4.53. The summed E-state index contributed by atoms with van der Waals surface area (Å²) in [6.07, 6.45) is 4.85. The number of nitrogens with one attached hydrogen (secondary N) is 1. The third-order valence-electron chi connectivity index (χ3n) is 4.27. The van der Waals surface area contributed by atoms with Crippen molar-refractivity contribution in [3.05, 3.63) is 35.1 Å². The molecule has 21 heavy (non-hydrogen) atoms. The molecule has 1 aliphatic heterocycles. The fourth-order valence-corrected chi connectivity index (χ4v) is 2.86. The van der Waals surface area contributed by atoms with Crippen LogP contribution in [0, 0.1) is 12.7 Å². The topological polar surface area (TPSA) is 32.3 Å². The van der Waals surface area contributed by atoms with E-state index in [4.69, 9.17) is 0 Å². The maximum Gasteiger partial charge on any atom is 0.251 e. The second kappa shape index (κ2) is 7.55. The Balaban J connectivity index is 1.72. The Morgan fingerprint density at radius 2 is 2.24 bits per heavy atom. The largest absolute Gasteiger partial charge is 0.352 e. The molecule has 0 spiro atoms. The highest BCUT2D eigenvalue weighted by atomic mass is 19.1. The summed E-state index contributed by atoms with van der Waals surface area (Å²) in [6, 6.07) is 5.13. The summed E-state index contributed by atoms with van der Waals surface area (Å²) < 4.78 is 13.2. The van der Waals surface area contributed by atoms with Crippen LogP contribution in [0.3, 0.4) is 0 Å². The molecule has 0 aliphatic carbocycles. The second-order valence-corrected chi connectivity index (χ2v) is 5.95. The number of aryl methyl sites for hydroxylation is 1. The maximum atomic E-state index is 13.2. The molecule has 1 aliphatic rings. The number of hydrogen-bond donors (Lipinski definition) is 1. The predicted octanol–water partition coefficient (Wildman–Crippen LogP) is 3.13. The van der Waals surface area contributed by atoms with E-state index in [0.29, 0.717) is 23.7 Å². The summed E-state index contributed by atoms with van der Waals surface area (Å²) in [6.45, 7) is 6.82. The summed E-state index contributed by atoms with van der Waals surface area (Å²) in [7, 11) is 0. The van der Waals surface area contributed by atoms with Crippen molar-refractivity contribution < 1.29 is 9.18 Å². The molecule has 0 bridgehead atoms. The Morgan fingerprint density at radius 3 is 2.95 bits per heavy atom. The van der Waals surface area contributed by atoms with Crippen LogP contribution < -0.4 is 5.32 Å². The van der Waals surface area contributed by atoms with Crippen molar-refractivity contribution in [2.45, 2.75) is 45.6 Å². The van der Waals surface area contributed by atoms with Crippen LogP contribution in [-0.4, -0.2) is 36.5 Å². The summed E-state index contributed by atoms with van der Waals surface area (Å²) in [5.41, 5.74) is 1.03.